The van der Waals surface area contributed by atoms with E-state index in [1.165, 1.54) is 5.57 Å². The summed E-state index contributed by atoms with van der Waals surface area (Å²) in [6, 6.07) is 0. The molecule has 0 aromatic heterocycles. The van der Waals surface area contributed by atoms with Gasteiger partial charge in [-0.3, -0.25) is 0 Å². The summed E-state index contributed by atoms with van der Waals surface area (Å²) < 4.78 is 22.4. The first-order valence-corrected chi connectivity index (χ1v) is 11.2. The second-order valence-electron chi connectivity index (χ2n) is 9.00. The third kappa shape index (κ3) is 6.00. The molecule has 3 aliphatic rings. The van der Waals surface area contributed by atoms with Gasteiger partial charge < -0.3 is 54.7 Å². The minimum Gasteiger partial charge on any atom is -0.394 e. The van der Waals surface area contributed by atoms with Crippen LogP contribution in [0.25, 0.3) is 0 Å². The van der Waals surface area contributed by atoms with Crippen LogP contribution in [-0.4, -0.2) is 117 Å². The van der Waals surface area contributed by atoms with Crippen LogP contribution >= 0.6 is 0 Å². The SMILES string of the molecule is C=C(CO[C@@H]1O[C@H](CO)[C@@H](O)[C@H](O)[C@H]1O[C@@H]1O[C@H](CO)[C@@H](O)[C@H](O)[C@H]1O)C1CC=C(C)CC1. The number of rotatable bonds is 8. The highest BCUT2D eigenvalue weighted by atomic mass is 16.8. The average Bonchev–Trinajstić information content (AvgIpc) is 2.81. The molecule has 2 heterocycles. The maximum atomic E-state index is 10.6. The lowest BCUT2D eigenvalue weighted by molar-refractivity contribution is -0.366. The topological polar surface area (TPSA) is 179 Å². The van der Waals surface area contributed by atoms with Crippen molar-refractivity contribution in [1.29, 1.82) is 0 Å². The van der Waals surface area contributed by atoms with Crippen molar-refractivity contribution < 1.29 is 54.7 Å². The van der Waals surface area contributed by atoms with Gasteiger partial charge in [-0.2, -0.15) is 0 Å². The molecule has 0 bridgehead atoms. The molecular weight excluding hydrogens is 440 g/mol. The molecule has 33 heavy (non-hydrogen) atoms. The van der Waals surface area contributed by atoms with Crippen LogP contribution in [0.15, 0.2) is 23.8 Å². The molecule has 1 unspecified atom stereocenters. The first kappa shape index (κ1) is 26.6. The molecule has 2 aliphatic heterocycles. The number of ether oxygens (including phenoxy) is 4. The van der Waals surface area contributed by atoms with Crippen molar-refractivity contribution in [3.05, 3.63) is 23.8 Å². The molecule has 7 N–H and O–H groups in total. The van der Waals surface area contributed by atoms with Gasteiger partial charge in [0.1, 0.15) is 48.8 Å². The summed E-state index contributed by atoms with van der Waals surface area (Å²) in [7, 11) is 0. The van der Waals surface area contributed by atoms with Crippen LogP contribution < -0.4 is 0 Å². The fourth-order valence-corrected chi connectivity index (χ4v) is 4.31. The van der Waals surface area contributed by atoms with E-state index in [1.54, 1.807) is 0 Å². The summed E-state index contributed by atoms with van der Waals surface area (Å²) in [4.78, 5) is 0. The summed E-state index contributed by atoms with van der Waals surface area (Å²) in [5, 5.41) is 70.0. The Balaban J connectivity index is 1.70. The zero-order valence-corrected chi connectivity index (χ0v) is 18.6. The lowest BCUT2D eigenvalue weighted by Crippen LogP contribution is -2.64. The first-order valence-electron chi connectivity index (χ1n) is 11.2. The van der Waals surface area contributed by atoms with E-state index in [-0.39, 0.29) is 12.5 Å². The van der Waals surface area contributed by atoms with Gasteiger partial charge in [0, 0.05) is 0 Å². The van der Waals surface area contributed by atoms with Crippen LogP contribution in [0.1, 0.15) is 26.2 Å². The lowest BCUT2D eigenvalue weighted by Gasteiger charge is -2.46. The molecule has 0 radical (unpaired) electrons. The van der Waals surface area contributed by atoms with Gasteiger partial charge in [-0.05, 0) is 37.7 Å². The van der Waals surface area contributed by atoms with E-state index in [0.717, 1.165) is 24.8 Å². The zero-order chi connectivity index (χ0) is 24.3. The summed E-state index contributed by atoms with van der Waals surface area (Å²) in [5.41, 5.74) is 2.14. The summed E-state index contributed by atoms with van der Waals surface area (Å²) in [6.07, 6.45) is -9.79. The van der Waals surface area contributed by atoms with E-state index in [9.17, 15) is 35.7 Å². The number of hydrogen-bond donors (Lipinski definition) is 7. The molecule has 0 spiro atoms. The largest absolute Gasteiger partial charge is 0.394 e. The Labute approximate surface area is 192 Å². The van der Waals surface area contributed by atoms with Gasteiger partial charge in [0.2, 0.25) is 0 Å². The molecule has 0 amide bonds. The highest BCUT2D eigenvalue weighted by Gasteiger charge is 2.50. The lowest BCUT2D eigenvalue weighted by atomic mass is 9.85. The summed E-state index contributed by atoms with van der Waals surface area (Å²) in [6.45, 7) is 4.99. The van der Waals surface area contributed by atoms with Crippen molar-refractivity contribution in [1.82, 2.24) is 0 Å². The number of aliphatic hydroxyl groups is 7. The molecule has 0 aromatic rings. The van der Waals surface area contributed by atoms with Gasteiger partial charge >= 0.3 is 0 Å². The molecule has 11 atom stereocenters. The van der Waals surface area contributed by atoms with E-state index in [2.05, 4.69) is 19.6 Å². The van der Waals surface area contributed by atoms with Gasteiger partial charge in [-0.15, -0.1) is 0 Å². The number of allylic oxidation sites excluding steroid dienone is 2. The molecular formula is C22H36O11. The van der Waals surface area contributed by atoms with E-state index in [0.29, 0.717) is 0 Å². The highest BCUT2D eigenvalue weighted by Crippen LogP contribution is 2.32. The van der Waals surface area contributed by atoms with E-state index in [1.807, 2.05) is 0 Å². The Morgan fingerprint density at radius 3 is 2.12 bits per heavy atom. The molecule has 190 valence electrons. The predicted octanol–water partition coefficient (Wildman–Crippen LogP) is -2.07. The van der Waals surface area contributed by atoms with Gasteiger partial charge in [0.25, 0.3) is 0 Å². The average molecular weight is 477 g/mol. The molecule has 2 saturated heterocycles. The monoisotopic (exact) mass is 476 g/mol. The quantitative estimate of drug-likeness (QED) is 0.191. The second kappa shape index (κ2) is 11.6. The molecule has 3 rings (SSSR count). The van der Waals surface area contributed by atoms with E-state index in [4.69, 9.17) is 18.9 Å². The van der Waals surface area contributed by atoms with Crippen molar-refractivity contribution >= 4 is 0 Å². The van der Waals surface area contributed by atoms with Crippen molar-refractivity contribution in [3.8, 4) is 0 Å². The van der Waals surface area contributed by atoms with Crippen LogP contribution in [0.4, 0.5) is 0 Å². The number of hydrogen-bond acceptors (Lipinski definition) is 11. The molecule has 11 nitrogen and oxygen atoms in total. The molecule has 2 fully saturated rings. The van der Waals surface area contributed by atoms with Gasteiger partial charge in [-0.25, -0.2) is 0 Å². The van der Waals surface area contributed by atoms with Gasteiger partial charge in [-0.1, -0.05) is 18.2 Å². The Kier molecular flexibility index (Phi) is 9.40. The summed E-state index contributed by atoms with van der Waals surface area (Å²) >= 11 is 0. The molecule has 1 aliphatic carbocycles. The second-order valence-corrected chi connectivity index (χ2v) is 9.00. The maximum Gasteiger partial charge on any atom is 0.187 e. The molecule has 11 heteroatoms. The third-order valence-corrected chi connectivity index (χ3v) is 6.61. The van der Waals surface area contributed by atoms with Crippen molar-refractivity contribution in [2.24, 2.45) is 5.92 Å². The predicted molar refractivity (Wildman–Crippen MR) is 113 cm³/mol. The minimum atomic E-state index is -1.71. The van der Waals surface area contributed by atoms with Crippen LogP contribution in [0.2, 0.25) is 0 Å². The Morgan fingerprint density at radius 2 is 1.55 bits per heavy atom. The van der Waals surface area contributed by atoms with Crippen molar-refractivity contribution in [2.45, 2.75) is 87.6 Å². The third-order valence-electron chi connectivity index (χ3n) is 6.61. The van der Waals surface area contributed by atoms with Crippen LogP contribution in [-0.2, 0) is 18.9 Å². The van der Waals surface area contributed by atoms with Crippen molar-refractivity contribution in [3.63, 3.8) is 0 Å². The highest BCUT2D eigenvalue weighted by molar-refractivity contribution is 5.12. The van der Waals surface area contributed by atoms with Gasteiger partial charge in [0.05, 0.1) is 19.8 Å². The first-order chi connectivity index (χ1) is 15.7. The van der Waals surface area contributed by atoms with Crippen molar-refractivity contribution in [2.75, 3.05) is 19.8 Å². The smallest absolute Gasteiger partial charge is 0.187 e. The maximum absolute atomic E-state index is 10.6. The summed E-state index contributed by atoms with van der Waals surface area (Å²) in [5.74, 6) is 0.214. The Bertz CT molecular complexity index is 683. The molecule has 0 aromatic carbocycles. The van der Waals surface area contributed by atoms with Crippen LogP contribution in [0, 0.1) is 5.92 Å². The molecule has 0 saturated carbocycles. The standard InChI is InChI=1S/C22H36O11/c1-10-3-5-12(6-4-10)11(2)9-30-22-20(18(28)16(26)14(8-24)32-22)33-21-19(29)17(27)15(25)13(7-23)31-21/h3,12-29H,2,4-9H2,1H3/t12?,13-,14-,15-,16-,17+,18+,19-,20-,21+,22-/m1/s1. The Hall–Kier alpha value is -0.960. The van der Waals surface area contributed by atoms with E-state index >= 15 is 0 Å². The fraction of sp³-hybridized carbons (Fsp3) is 0.818. The zero-order valence-electron chi connectivity index (χ0n) is 18.6. The Morgan fingerprint density at radius 1 is 0.939 bits per heavy atom. The van der Waals surface area contributed by atoms with Gasteiger partial charge in [0.15, 0.2) is 12.6 Å². The van der Waals surface area contributed by atoms with Crippen LogP contribution in [0.5, 0.6) is 0 Å². The fourth-order valence-electron chi connectivity index (χ4n) is 4.31. The van der Waals surface area contributed by atoms with Crippen LogP contribution in [0.3, 0.4) is 0 Å². The number of aliphatic hydroxyl groups excluding tert-OH is 7. The normalized spacial score (nSPS) is 44.4. The van der Waals surface area contributed by atoms with E-state index < -0.39 is 74.6 Å². The minimum absolute atomic E-state index is 0.0672.